The first-order valence-corrected chi connectivity index (χ1v) is 1.11. The monoisotopic (exact) mass is 532 g/mol. The molecule has 11 heteroatoms. The fourth-order valence-electron chi connectivity index (χ4n) is 0. The van der Waals surface area contributed by atoms with Crippen LogP contribution in [-0.2, 0) is 81.7 Å². The van der Waals surface area contributed by atoms with E-state index >= 15 is 0 Å². The predicted octanol–water partition coefficient (Wildman–Crippen LogP) is -1.44. The molecule has 9 nitrogen and oxygen atoms in total. The number of hydrogen-bond acceptors (Lipinski definition) is 2. The second kappa shape index (κ2) is 39.8. The van der Waals surface area contributed by atoms with Gasteiger partial charge < -0.3 is 37.6 Å². The van der Waals surface area contributed by atoms with Gasteiger partial charge in [-0.3, -0.25) is 0 Å². The number of hydrogen-bond donors (Lipinski definition) is 2. The summed E-state index contributed by atoms with van der Waals surface area (Å²) in [5, 5.41) is 14.8. The van der Waals surface area contributed by atoms with Crippen LogP contribution in [0.25, 0.3) is 0 Å². The van der Waals surface area contributed by atoms with Crippen LogP contribution in [0, 0.1) is 0 Å². The molecule has 0 aliphatic rings. The Labute approximate surface area is 104 Å². The Morgan fingerprint density at radius 2 is 0.692 bits per heavy atom. The van der Waals surface area contributed by atoms with E-state index in [4.69, 9.17) is 19.8 Å². The summed E-state index contributed by atoms with van der Waals surface area (Å²) >= 11 is 0. The van der Waals surface area contributed by atoms with E-state index in [1.54, 1.807) is 0 Å². The SMILES string of the molecule is O=C(O)C(=O)O.[O-2].[O-2].[O-2].[O-2].[O-2].[Ta+5].[Ta+5]. The second-order valence-corrected chi connectivity index (χ2v) is 0.610. The van der Waals surface area contributed by atoms with Crippen LogP contribution in [0.1, 0.15) is 0 Å². The van der Waals surface area contributed by atoms with E-state index in [0.29, 0.717) is 0 Å². The summed E-state index contributed by atoms with van der Waals surface area (Å²) in [6.07, 6.45) is 0. The minimum atomic E-state index is -1.82. The van der Waals surface area contributed by atoms with Crippen LogP contribution in [0.4, 0.5) is 0 Å². The average molecular weight is 532 g/mol. The Balaban J connectivity index is -0.00000000595. The third-order valence-corrected chi connectivity index (χ3v) is 0.183. The topological polar surface area (TPSA) is 217 Å². The molecule has 74 valence electrons. The standard InChI is InChI=1S/C2H2O4.5O.2Ta/c3-1(4)2(5)6;;;;;;;/h(H,3,4)(H,5,6);;;;;;;/q;5*-2;2*+5. The van der Waals surface area contributed by atoms with Gasteiger partial charge in [-0.15, -0.1) is 0 Å². The molecule has 0 aromatic heterocycles. The largest absolute Gasteiger partial charge is 5.00 e. The minimum absolute atomic E-state index is 0. The smallest absolute Gasteiger partial charge is 2.00 e. The van der Waals surface area contributed by atoms with Crippen molar-refractivity contribution >= 4 is 11.9 Å². The Morgan fingerprint density at radius 3 is 0.692 bits per heavy atom. The van der Waals surface area contributed by atoms with Crippen molar-refractivity contribution in [2.24, 2.45) is 0 Å². The van der Waals surface area contributed by atoms with Gasteiger partial charge in [0.25, 0.3) is 0 Å². The summed E-state index contributed by atoms with van der Waals surface area (Å²) in [5.74, 6) is -3.65. The molecule has 0 spiro atoms. The minimum Gasteiger partial charge on any atom is -2.00 e. The summed E-state index contributed by atoms with van der Waals surface area (Å²) < 4.78 is 0. The van der Waals surface area contributed by atoms with Crippen LogP contribution in [0.5, 0.6) is 0 Å². The van der Waals surface area contributed by atoms with Crippen molar-refractivity contribution in [2.45, 2.75) is 0 Å². The fraction of sp³-hybridized carbons (Fsp3) is 0. The molecule has 0 atom stereocenters. The normalized spacial score (nSPS) is 3.38. The first-order chi connectivity index (χ1) is 2.64. The van der Waals surface area contributed by atoms with Gasteiger partial charge in [-0.1, -0.05) is 0 Å². The molecule has 0 saturated heterocycles. The van der Waals surface area contributed by atoms with Crippen LogP contribution >= 0.6 is 0 Å². The zero-order chi connectivity index (χ0) is 5.15. The molecular formula is C2H2O9Ta2. The number of rotatable bonds is 0. The maximum Gasteiger partial charge on any atom is 5.00 e. The van der Waals surface area contributed by atoms with Crippen molar-refractivity contribution in [1.82, 2.24) is 0 Å². The van der Waals surface area contributed by atoms with Gasteiger partial charge in [-0.2, -0.15) is 0 Å². The van der Waals surface area contributed by atoms with Crippen molar-refractivity contribution in [3.8, 4) is 0 Å². The van der Waals surface area contributed by atoms with Gasteiger partial charge in [0.2, 0.25) is 0 Å². The Kier molecular flexibility index (Phi) is 222. The molecule has 0 bridgehead atoms. The number of carbonyl (C=O) groups is 2. The maximum atomic E-state index is 9.10. The van der Waals surface area contributed by atoms with Crippen molar-refractivity contribution in [3.05, 3.63) is 0 Å². The fourth-order valence-corrected chi connectivity index (χ4v) is 0. The molecule has 0 heterocycles. The first-order valence-electron chi connectivity index (χ1n) is 1.11. The van der Waals surface area contributed by atoms with Gasteiger partial charge in [0, 0.05) is 0 Å². The van der Waals surface area contributed by atoms with E-state index in [-0.39, 0.29) is 72.1 Å². The van der Waals surface area contributed by atoms with E-state index in [1.165, 1.54) is 0 Å². The van der Waals surface area contributed by atoms with Gasteiger partial charge in [-0.05, 0) is 0 Å². The van der Waals surface area contributed by atoms with E-state index in [1.807, 2.05) is 0 Å². The van der Waals surface area contributed by atoms with Crippen LogP contribution in [0.3, 0.4) is 0 Å². The summed E-state index contributed by atoms with van der Waals surface area (Å²) in [4.78, 5) is 18.2. The quantitative estimate of drug-likeness (QED) is 0.358. The molecular weight excluding hydrogens is 530 g/mol. The number of aliphatic carboxylic acids is 2. The van der Waals surface area contributed by atoms with Crippen LogP contribution < -0.4 is 0 Å². The first kappa shape index (κ1) is 72.4. The van der Waals surface area contributed by atoms with Crippen molar-refractivity contribution in [2.75, 3.05) is 0 Å². The zero-order valence-electron chi connectivity index (χ0n) is 5.65. The molecule has 0 amide bonds. The van der Waals surface area contributed by atoms with E-state index < -0.39 is 11.9 Å². The number of carboxylic acids is 2. The molecule has 0 aliphatic carbocycles. The van der Waals surface area contributed by atoms with Gasteiger partial charge in [0.05, 0.1) is 0 Å². The molecule has 0 rings (SSSR count). The third kappa shape index (κ3) is 71.7. The van der Waals surface area contributed by atoms with Gasteiger partial charge >= 0.3 is 56.7 Å². The molecule has 0 aliphatic heterocycles. The molecule has 0 radical (unpaired) electrons. The van der Waals surface area contributed by atoms with Gasteiger partial charge in [0.1, 0.15) is 0 Å². The van der Waals surface area contributed by atoms with E-state index in [9.17, 15) is 0 Å². The van der Waals surface area contributed by atoms with E-state index in [2.05, 4.69) is 0 Å². The van der Waals surface area contributed by atoms with Crippen molar-refractivity contribution < 1.29 is 91.9 Å². The molecule has 0 unspecified atom stereocenters. The average Bonchev–Trinajstić information content (AvgIpc) is 1.36. The van der Waals surface area contributed by atoms with Crippen LogP contribution in [0.2, 0.25) is 0 Å². The van der Waals surface area contributed by atoms with Crippen LogP contribution in [-0.4, -0.2) is 22.2 Å². The van der Waals surface area contributed by atoms with Crippen LogP contribution in [0.15, 0.2) is 0 Å². The Hall–Kier alpha value is 0.221. The summed E-state index contributed by atoms with van der Waals surface area (Å²) in [6.45, 7) is 0. The summed E-state index contributed by atoms with van der Waals surface area (Å²) in [5.41, 5.74) is 0. The molecule has 2 N–H and O–H groups in total. The number of carboxylic acid groups (broad SMARTS) is 2. The Bertz CT molecular complexity index is 81.6. The maximum absolute atomic E-state index is 9.10. The summed E-state index contributed by atoms with van der Waals surface area (Å²) in [7, 11) is 0. The van der Waals surface area contributed by atoms with Gasteiger partial charge in [0.15, 0.2) is 0 Å². The Morgan fingerprint density at radius 1 is 0.615 bits per heavy atom. The molecule has 13 heavy (non-hydrogen) atoms. The molecule has 0 saturated carbocycles. The van der Waals surface area contributed by atoms with Crippen molar-refractivity contribution in [3.63, 3.8) is 0 Å². The van der Waals surface area contributed by atoms with Crippen molar-refractivity contribution in [1.29, 1.82) is 0 Å². The second-order valence-electron chi connectivity index (χ2n) is 0.610. The molecule has 0 aromatic rings. The molecule has 0 fully saturated rings. The van der Waals surface area contributed by atoms with E-state index in [0.717, 1.165) is 0 Å². The van der Waals surface area contributed by atoms with Gasteiger partial charge in [-0.25, -0.2) is 9.59 Å². The summed E-state index contributed by atoms with van der Waals surface area (Å²) in [6, 6.07) is 0. The zero-order valence-corrected chi connectivity index (χ0v) is 12.1. The predicted molar refractivity (Wildman–Crippen MR) is 18.7 cm³/mol. The molecule has 0 aromatic carbocycles. The third-order valence-electron chi connectivity index (χ3n) is 0.183.